The first kappa shape index (κ1) is 22.1. The molecule has 0 spiro atoms. The van der Waals surface area contributed by atoms with Crippen molar-refractivity contribution < 1.29 is 9.59 Å². The van der Waals surface area contributed by atoms with Crippen molar-refractivity contribution in [3.05, 3.63) is 54.6 Å². The molecule has 2 atom stereocenters. The molecular formula is C19H22N4O2S3. The van der Waals surface area contributed by atoms with Crippen LogP contribution in [-0.2, 0) is 9.59 Å². The van der Waals surface area contributed by atoms with Crippen LogP contribution in [0.15, 0.2) is 59.5 Å². The number of hydrogen-bond donors (Lipinski definition) is 5. The fourth-order valence-electron chi connectivity index (χ4n) is 2.30. The quantitative estimate of drug-likeness (QED) is 0.109. The largest absolute Gasteiger partial charge is 0.373 e. The second-order valence-electron chi connectivity index (χ2n) is 5.82. The summed E-state index contributed by atoms with van der Waals surface area (Å²) < 4.78 is 0. The SMILES string of the molecule is CSc1cccc(NC(=S)NNC(=O)CC(C=O)C(S)Nc2ccccc2)c1. The number of hydrogen-bond acceptors (Lipinski definition) is 6. The first-order valence-electron chi connectivity index (χ1n) is 8.46. The molecule has 0 heterocycles. The van der Waals surface area contributed by atoms with Gasteiger partial charge in [0.1, 0.15) is 6.29 Å². The minimum absolute atomic E-state index is 0.0327. The van der Waals surface area contributed by atoms with Gasteiger partial charge in [-0.25, -0.2) is 0 Å². The van der Waals surface area contributed by atoms with Crippen molar-refractivity contribution in [1.29, 1.82) is 0 Å². The Morgan fingerprint density at radius 2 is 1.86 bits per heavy atom. The number of benzene rings is 2. The van der Waals surface area contributed by atoms with Crippen molar-refractivity contribution in [3.8, 4) is 0 Å². The second-order valence-corrected chi connectivity index (χ2v) is 7.66. The molecule has 9 heteroatoms. The number of carbonyl (C=O) groups is 2. The first-order valence-corrected chi connectivity index (χ1v) is 10.6. The number of thioether (sulfide) groups is 1. The van der Waals surface area contributed by atoms with E-state index in [0.717, 1.165) is 22.6 Å². The maximum absolute atomic E-state index is 12.1. The molecule has 2 aromatic carbocycles. The van der Waals surface area contributed by atoms with E-state index in [1.54, 1.807) is 11.8 Å². The molecule has 0 aliphatic carbocycles. The number of thiol groups is 1. The van der Waals surface area contributed by atoms with Crippen LogP contribution in [0.3, 0.4) is 0 Å². The van der Waals surface area contributed by atoms with E-state index in [9.17, 15) is 9.59 Å². The Labute approximate surface area is 179 Å². The molecule has 0 aliphatic heterocycles. The summed E-state index contributed by atoms with van der Waals surface area (Å²) in [5.74, 6) is -0.974. The van der Waals surface area contributed by atoms with Crippen LogP contribution >= 0.6 is 36.6 Å². The predicted octanol–water partition coefficient (Wildman–Crippen LogP) is 3.30. The van der Waals surface area contributed by atoms with Crippen molar-refractivity contribution in [2.45, 2.75) is 16.7 Å². The first-order chi connectivity index (χ1) is 13.5. The molecule has 0 radical (unpaired) electrons. The number of thiocarbonyl (C=S) groups is 1. The third-order valence-electron chi connectivity index (χ3n) is 3.73. The molecule has 0 fully saturated rings. The van der Waals surface area contributed by atoms with E-state index in [0.29, 0.717) is 0 Å². The highest BCUT2D eigenvalue weighted by Crippen LogP contribution is 2.19. The number of rotatable bonds is 8. The Bertz CT molecular complexity index is 805. The van der Waals surface area contributed by atoms with E-state index < -0.39 is 11.3 Å². The van der Waals surface area contributed by atoms with Crippen LogP contribution in [0, 0.1) is 5.92 Å². The molecule has 4 N–H and O–H groups in total. The smallest absolute Gasteiger partial charge is 0.239 e. The third kappa shape index (κ3) is 7.41. The summed E-state index contributed by atoms with van der Waals surface area (Å²) in [5.41, 5.74) is 6.77. The van der Waals surface area contributed by atoms with Crippen LogP contribution < -0.4 is 21.5 Å². The van der Waals surface area contributed by atoms with E-state index in [2.05, 4.69) is 34.1 Å². The van der Waals surface area contributed by atoms with Gasteiger partial charge in [-0.05, 0) is 48.8 Å². The maximum Gasteiger partial charge on any atom is 0.239 e. The summed E-state index contributed by atoms with van der Waals surface area (Å²) in [6, 6.07) is 17.1. The fourth-order valence-corrected chi connectivity index (χ4v) is 3.25. The van der Waals surface area contributed by atoms with Gasteiger partial charge in [0.05, 0.1) is 11.3 Å². The molecule has 0 aromatic heterocycles. The zero-order valence-electron chi connectivity index (χ0n) is 15.2. The predicted molar refractivity (Wildman–Crippen MR) is 123 cm³/mol. The van der Waals surface area contributed by atoms with Gasteiger partial charge in [-0.2, -0.15) is 12.6 Å². The minimum Gasteiger partial charge on any atom is -0.373 e. The van der Waals surface area contributed by atoms with Crippen molar-refractivity contribution >= 4 is 65.3 Å². The van der Waals surface area contributed by atoms with Gasteiger partial charge in [-0.1, -0.05) is 24.3 Å². The molecule has 0 aliphatic rings. The van der Waals surface area contributed by atoms with Gasteiger partial charge >= 0.3 is 0 Å². The number of hydrazine groups is 1. The van der Waals surface area contributed by atoms with Gasteiger partial charge < -0.3 is 15.4 Å². The minimum atomic E-state index is -0.606. The average Bonchev–Trinajstić information content (AvgIpc) is 2.71. The summed E-state index contributed by atoms with van der Waals surface area (Å²) in [4.78, 5) is 24.6. The standard InChI is InChI=1S/C19H22N4O2S3/c1-28-16-9-5-8-15(11-16)21-19(27)23-22-17(25)10-13(12-24)18(26)20-14-6-3-2-4-7-14/h2-9,11-13,18,20,26H,10H2,1H3,(H,22,25)(H2,21,23,27). The lowest BCUT2D eigenvalue weighted by Gasteiger charge is -2.20. The van der Waals surface area contributed by atoms with Crippen LogP contribution in [0.4, 0.5) is 11.4 Å². The molecule has 6 nitrogen and oxygen atoms in total. The Balaban J connectivity index is 1.79. The number of para-hydroxylation sites is 1. The highest BCUT2D eigenvalue weighted by atomic mass is 32.2. The van der Waals surface area contributed by atoms with Crippen LogP contribution in [0.2, 0.25) is 0 Å². The monoisotopic (exact) mass is 434 g/mol. The van der Waals surface area contributed by atoms with Crippen LogP contribution in [0.5, 0.6) is 0 Å². The number of amides is 1. The molecule has 148 valence electrons. The van der Waals surface area contributed by atoms with Crippen LogP contribution in [0.25, 0.3) is 0 Å². The average molecular weight is 435 g/mol. The lowest BCUT2D eigenvalue weighted by molar-refractivity contribution is -0.124. The van der Waals surface area contributed by atoms with Gasteiger partial charge in [0.2, 0.25) is 5.91 Å². The van der Waals surface area contributed by atoms with E-state index >= 15 is 0 Å². The van der Waals surface area contributed by atoms with Gasteiger partial charge in [0.15, 0.2) is 5.11 Å². The summed E-state index contributed by atoms with van der Waals surface area (Å²) in [7, 11) is 0. The number of nitrogens with one attached hydrogen (secondary N) is 4. The summed E-state index contributed by atoms with van der Waals surface area (Å²) in [6.07, 6.45) is 2.67. The molecule has 2 aromatic rings. The van der Waals surface area contributed by atoms with Crippen molar-refractivity contribution in [3.63, 3.8) is 0 Å². The molecule has 1 amide bonds. The normalized spacial score (nSPS) is 12.4. The topological polar surface area (TPSA) is 82.3 Å². The van der Waals surface area contributed by atoms with E-state index in [4.69, 9.17) is 12.2 Å². The zero-order chi connectivity index (χ0) is 20.4. The van der Waals surface area contributed by atoms with Gasteiger partial charge in [0, 0.05) is 22.7 Å². The second kappa shape index (κ2) is 11.6. The van der Waals surface area contributed by atoms with E-state index in [1.165, 1.54) is 0 Å². The lowest BCUT2D eigenvalue weighted by Crippen LogP contribution is -2.45. The lowest BCUT2D eigenvalue weighted by atomic mass is 10.1. The Morgan fingerprint density at radius 3 is 2.54 bits per heavy atom. The molecule has 0 bridgehead atoms. The van der Waals surface area contributed by atoms with Crippen LogP contribution in [-0.4, -0.2) is 28.9 Å². The van der Waals surface area contributed by atoms with Gasteiger partial charge in [0.25, 0.3) is 0 Å². The fraction of sp³-hybridized carbons (Fsp3) is 0.211. The molecule has 0 saturated heterocycles. The summed E-state index contributed by atoms with van der Waals surface area (Å²) in [5, 5.41) is 5.84. The van der Waals surface area contributed by atoms with Crippen molar-refractivity contribution in [2.24, 2.45) is 5.92 Å². The van der Waals surface area contributed by atoms with E-state index in [-0.39, 0.29) is 17.4 Å². The Hall–Kier alpha value is -2.23. The Kier molecular flexibility index (Phi) is 9.12. The Morgan fingerprint density at radius 1 is 1.14 bits per heavy atom. The molecule has 2 rings (SSSR count). The highest BCUT2D eigenvalue weighted by Gasteiger charge is 2.21. The summed E-state index contributed by atoms with van der Waals surface area (Å²) in [6.45, 7) is 0. The highest BCUT2D eigenvalue weighted by molar-refractivity contribution is 7.98. The van der Waals surface area contributed by atoms with Crippen LogP contribution in [0.1, 0.15) is 6.42 Å². The third-order valence-corrected chi connectivity index (χ3v) is 5.17. The molecule has 0 saturated carbocycles. The van der Waals surface area contributed by atoms with Gasteiger partial charge in [-0.3, -0.25) is 15.6 Å². The van der Waals surface area contributed by atoms with Crippen molar-refractivity contribution in [1.82, 2.24) is 10.9 Å². The van der Waals surface area contributed by atoms with E-state index in [1.807, 2.05) is 60.9 Å². The molecule has 2 unspecified atom stereocenters. The maximum atomic E-state index is 12.1. The number of anilines is 2. The van der Waals surface area contributed by atoms with Gasteiger partial charge in [-0.15, -0.1) is 11.8 Å². The van der Waals surface area contributed by atoms with Crippen molar-refractivity contribution in [2.75, 3.05) is 16.9 Å². The number of carbonyl (C=O) groups excluding carboxylic acids is 2. The summed E-state index contributed by atoms with van der Waals surface area (Å²) >= 11 is 11.2. The molecular weight excluding hydrogens is 412 g/mol. The zero-order valence-corrected chi connectivity index (χ0v) is 17.7. The number of aldehydes is 1. The molecule has 28 heavy (non-hydrogen) atoms.